The number of hydrogen-bond acceptors (Lipinski definition) is 3. The van der Waals surface area contributed by atoms with Gasteiger partial charge in [-0.2, -0.15) is 0 Å². The van der Waals surface area contributed by atoms with Gasteiger partial charge < -0.3 is 4.74 Å². The Morgan fingerprint density at radius 1 is 0.852 bits per heavy atom. The molecule has 1 saturated carbocycles. The molecule has 3 atom stereocenters. The third kappa shape index (κ3) is 3.36. The summed E-state index contributed by atoms with van der Waals surface area (Å²) < 4.78 is 5.93. The Hall–Kier alpha value is -2.62. The van der Waals surface area contributed by atoms with Crippen LogP contribution in [0.1, 0.15) is 37.3 Å². The van der Waals surface area contributed by atoms with Crippen molar-refractivity contribution in [3.8, 4) is 11.5 Å². The molecule has 0 spiro atoms. The minimum atomic E-state index is -0.146. The number of imide groups is 1. The molecular weight excluding hydrogens is 338 g/mol. The molecule has 0 radical (unpaired) electrons. The number of nitrogens with zero attached hydrogens (tertiary/aromatic N) is 1. The maximum atomic E-state index is 12.8. The summed E-state index contributed by atoms with van der Waals surface area (Å²) in [4.78, 5) is 27.0. The van der Waals surface area contributed by atoms with E-state index in [1.807, 2.05) is 38.1 Å². The molecule has 1 saturated heterocycles. The molecule has 2 aliphatic rings. The van der Waals surface area contributed by atoms with Crippen LogP contribution in [0, 0.1) is 31.6 Å². The summed E-state index contributed by atoms with van der Waals surface area (Å²) in [6, 6.07) is 13.3. The van der Waals surface area contributed by atoms with E-state index in [4.69, 9.17) is 4.74 Å². The lowest BCUT2D eigenvalue weighted by atomic mass is 9.76. The van der Waals surface area contributed by atoms with Gasteiger partial charge in [-0.15, -0.1) is 0 Å². The maximum absolute atomic E-state index is 12.8. The highest BCUT2D eigenvalue weighted by molar-refractivity contribution is 6.22. The zero-order valence-corrected chi connectivity index (χ0v) is 16.1. The third-order valence-corrected chi connectivity index (χ3v) is 5.71. The van der Waals surface area contributed by atoms with Crippen LogP contribution in [0.2, 0.25) is 0 Å². The Morgan fingerprint density at radius 3 is 2.15 bits per heavy atom. The predicted molar refractivity (Wildman–Crippen MR) is 105 cm³/mol. The van der Waals surface area contributed by atoms with Crippen molar-refractivity contribution in [2.24, 2.45) is 17.8 Å². The number of benzene rings is 2. The van der Waals surface area contributed by atoms with Crippen molar-refractivity contribution in [2.45, 2.75) is 40.0 Å². The first-order valence-corrected chi connectivity index (χ1v) is 9.66. The number of anilines is 1. The van der Waals surface area contributed by atoms with Crippen LogP contribution in [0.3, 0.4) is 0 Å². The molecule has 1 aliphatic heterocycles. The number of hydrogen-bond donors (Lipinski definition) is 0. The highest BCUT2D eigenvalue weighted by atomic mass is 16.5. The number of amides is 2. The van der Waals surface area contributed by atoms with Gasteiger partial charge in [0.1, 0.15) is 11.5 Å². The lowest BCUT2D eigenvalue weighted by molar-refractivity contribution is -0.122. The van der Waals surface area contributed by atoms with Gasteiger partial charge in [0.25, 0.3) is 0 Å². The molecule has 140 valence electrons. The van der Waals surface area contributed by atoms with E-state index in [0.29, 0.717) is 17.4 Å². The topological polar surface area (TPSA) is 46.6 Å². The van der Waals surface area contributed by atoms with Gasteiger partial charge in [-0.1, -0.05) is 13.0 Å². The van der Waals surface area contributed by atoms with Crippen molar-refractivity contribution in [3.63, 3.8) is 0 Å². The van der Waals surface area contributed by atoms with E-state index in [-0.39, 0.29) is 23.7 Å². The molecular formula is C23H25NO3. The lowest BCUT2D eigenvalue weighted by Crippen LogP contribution is -2.30. The van der Waals surface area contributed by atoms with Crippen LogP contribution >= 0.6 is 0 Å². The summed E-state index contributed by atoms with van der Waals surface area (Å²) in [6.45, 7) is 6.23. The minimum Gasteiger partial charge on any atom is -0.457 e. The molecule has 0 N–H and O–H groups in total. The fourth-order valence-corrected chi connectivity index (χ4v) is 4.44. The monoisotopic (exact) mass is 363 g/mol. The lowest BCUT2D eigenvalue weighted by Gasteiger charge is -2.25. The Balaban J connectivity index is 1.53. The summed E-state index contributed by atoms with van der Waals surface area (Å²) in [6.07, 6.45) is 2.66. The van der Waals surface area contributed by atoms with Crippen molar-refractivity contribution in [2.75, 3.05) is 4.90 Å². The van der Waals surface area contributed by atoms with Gasteiger partial charge in [-0.25, -0.2) is 0 Å². The molecule has 2 aromatic carbocycles. The Kier molecular flexibility index (Phi) is 4.50. The predicted octanol–water partition coefficient (Wildman–Crippen LogP) is 5.02. The highest BCUT2D eigenvalue weighted by Crippen LogP contribution is 2.42. The number of fused-ring (bicyclic) bond motifs is 1. The number of aryl methyl sites for hydroxylation is 2. The second kappa shape index (κ2) is 6.84. The fourth-order valence-electron chi connectivity index (χ4n) is 4.44. The van der Waals surface area contributed by atoms with Crippen molar-refractivity contribution >= 4 is 17.5 Å². The van der Waals surface area contributed by atoms with Crippen LogP contribution in [0.5, 0.6) is 11.5 Å². The molecule has 2 amide bonds. The van der Waals surface area contributed by atoms with Gasteiger partial charge in [-0.3, -0.25) is 14.5 Å². The average Bonchev–Trinajstić information content (AvgIpc) is 2.85. The van der Waals surface area contributed by atoms with Gasteiger partial charge in [0.05, 0.1) is 17.5 Å². The molecule has 27 heavy (non-hydrogen) atoms. The van der Waals surface area contributed by atoms with E-state index < -0.39 is 0 Å². The highest BCUT2D eigenvalue weighted by Gasteiger charge is 2.49. The number of carbonyl (C=O) groups excluding carboxylic acids is 2. The molecule has 0 bridgehead atoms. The molecule has 4 heteroatoms. The molecule has 1 heterocycles. The first-order valence-electron chi connectivity index (χ1n) is 9.66. The molecule has 4 rings (SSSR count). The summed E-state index contributed by atoms with van der Waals surface area (Å²) in [5, 5.41) is 0. The van der Waals surface area contributed by atoms with Crippen molar-refractivity contribution in [1.82, 2.24) is 0 Å². The smallest absolute Gasteiger partial charge is 0.237 e. The van der Waals surface area contributed by atoms with Crippen LogP contribution < -0.4 is 9.64 Å². The Labute approximate surface area is 160 Å². The van der Waals surface area contributed by atoms with E-state index in [1.54, 1.807) is 12.1 Å². The maximum Gasteiger partial charge on any atom is 0.237 e. The third-order valence-electron chi connectivity index (χ3n) is 5.71. The van der Waals surface area contributed by atoms with E-state index >= 15 is 0 Å². The van der Waals surface area contributed by atoms with Crippen LogP contribution in [-0.2, 0) is 9.59 Å². The van der Waals surface area contributed by atoms with Gasteiger partial charge in [0.15, 0.2) is 0 Å². The molecule has 1 aliphatic carbocycles. The van der Waals surface area contributed by atoms with E-state index in [9.17, 15) is 9.59 Å². The number of rotatable bonds is 3. The van der Waals surface area contributed by atoms with Crippen molar-refractivity contribution in [3.05, 3.63) is 53.6 Å². The Bertz CT molecular complexity index is 867. The van der Waals surface area contributed by atoms with Crippen LogP contribution in [-0.4, -0.2) is 11.8 Å². The molecule has 0 unspecified atom stereocenters. The first-order chi connectivity index (χ1) is 12.9. The van der Waals surface area contributed by atoms with Gasteiger partial charge in [0.2, 0.25) is 11.8 Å². The Morgan fingerprint density at radius 2 is 1.48 bits per heavy atom. The number of ether oxygens (including phenoxy) is 1. The average molecular weight is 363 g/mol. The van der Waals surface area contributed by atoms with E-state index in [0.717, 1.165) is 36.1 Å². The second-order valence-corrected chi connectivity index (χ2v) is 8.06. The molecule has 0 aromatic heterocycles. The summed E-state index contributed by atoms with van der Waals surface area (Å²) in [5.41, 5.74) is 2.93. The van der Waals surface area contributed by atoms with Gasteiger partial charge in [-0.05, 0) is 86.6 Å². The van der Waals surface area contributed by atoms with Crippen molar-refractivity contribution < 1.29 is 14.3 Å². The second-order valence-electron chi connectivity index (χ2n) is 8.06. The van der Waals surface area contributed by atoms with Crippen LogP contribution in [0.4, 0.5) is 5.69 Å². The number of carbonyl (C=O) groups is 2. The molecule has 2 aromatic rings. The first kappa shape index (κ1) is 17.8. The fraction of sp³-hybridized carbons (Fsp3) is 0.391. The normalized spacial score (nSPS) is 24.9. The summed E-state index contributed by atoms with van der Waals surface area (Å²) in [5.74, 6) is 1.62. The van der Waals surface area contributed by atoms with Crippen LogP contribution in [0.25, 0.3) is 0 Å². The molecule has 2 fully saturated rings. The quantitative estimate of drug-likeness (QED) is 0.719. The standard InChI is InChI=1S/C23H25NO3/c1-14-4-9-20-21(13-14)23(26)24(22(20)25)17-5-7-18(8-6-17)27-19-11-15(2)10-16(3)12-19/h5-8,10-12,14,20-21H,4,9,13H2,1-3H3/t14-,20-,21+/m1/s1. The SMILES string of the molecule is Cc1cc(C)cc(Oc2ccc(N3C(=O)[C@H]4C[C@H](C)CC[C@H]4C3=O)cc2)c1. The van der Waals surface area contributed by atoms with Gasteiger partial charge in [0, 0.05) is 0 Å². The molecule has 4 nitrogen and oxygen atoms in total. The minimum absolute atomic E-state index is 0.0418. The zero-order chi connectivity index (χ0) is 19.1. The summed E-state index contributed by atoms with van der Waals surface area (Å²) in [7, 11) is 0. The van der Waals surface area contributed by atoms with Gasteiger partial charge >= 0.3 is 0 Å². The van der Waals surface area contributed by atoms with E-state index in [1.165, 1.54) is 4.90 Å². The largest absolute Gasteiger partial charge is 0.457 e. The zero-order valence-electron chi connectivity index (χ0n) is 16.1. The van der Waals surface area contributed by atoms with E-state index in [2.05, 4.69) is 13.0 Å². The van der Waals surface area contributed by atoms with Crippen LogP contribution in [0.15, 0.2) is 42.5 Å². The summed E-state index contributed by atoms with van der Waals surface area (Å²) >= 11 is 0. The van der Waals surface area contributed by atoms with Crippen molar-refractivity contribution in [1.29, 1.82) is 0 Å².